The molecule has 0 unspecified atom stereocenters. The van der Waals surface area contributed by atoms with Crippen molar-refractivity contribution in [2.45, 2.75) is 12.9 Å². The van der Waals surface area contributed by atoms with Gasteiger partial charge in [-0.25, -0.2) is 4.99 Å². The number of nitrogens with zero attached hydrogens (tertiary/aromatic N) is 1. The lowest BCUT2D eigenvalue weighted by atomic mass is 10.2. The van der Waals surface area contributed by atoms with Crippen LogP contribution in [-0.4, -0.2) is 19.4 Å². The van der Waals surface area contributed by atoms with Crippen LogP contribution in [0.3, 0.4) is 0 Å². The fourth-order valence-corrected chi connectivity index (χ4v) is 1.92. The fraction of sp³-hybridized carbons (Fsp3) is 0.188. The number of nitrogens with one attached hydrogen (secondary N) is 1. The van der Waals surface area contributed by atoms with Gasteiger partial charge in [-0.15, -0.1) is 37.1 Å². The smallest absolute Gasteiger partial charge is 0.497 e. The van der Waals surface area contributed by atoms with Crippen molar-refractivity contribution in [2.24, 2.45) is 10.7 Å². The van der Waals surface area contributed by atoms with Crippen LogP contribution in [0, 0.1) is 0 Å². The van der Waals surface area contributed by atoms with E-state index < -0.39 is 6.36 Å². The Balaban J connectivity index is 0.00000312. The van der Waals surface area contributed by atoms with E-state index in [1.807, 2.05) is 0 Å². The van der Waals surface area contributed by atoms with E-state index in [1.165, 1.54) is 25.3 Å². The number of ether oxygens (including phenoxy) is 2. The number of methoxy groups -OCH3 is 1. The second-order valence-electron chi connectivity index (χ2n) is 4.71. The quantitative estimate of drug-likeness (QED) is 0.394. The molecule has 0 atom stereocenters. The summed E-state index contributed by atoms with van der Waals surface area (Å²) < 4.78 is 46.2. The summed E-state index contributed by atoms with van der Waals surface area (Å²) in [5.74, 6) is 0.393. The van der Waals surface area contributed by atoms with E-state index in [1.54, 1.807) is 30.3 Å². The Bertz CT molecular complexity index is 724. The molecule has 3 N–H and O–H groups in total. The molecule has 25 heavy (non-hydrogen) atoms. The van der Waals surface area contributed by atoms with Gasteiger partial charge in [0.15, 0.2) is 5.96 Å². The molecule has 0 fully saturated rings. The Hall–Kier alpha value is -2.17. The molecule has 0 saturated carbocycles. The summed E-state index contributed by atoms with van der Waals surface area (Å²) in [7, 11) is 1.54. The Morgan fingerprint density at radius 1 is 1.16 bits per heavy atom. The lowest BCUT2D eigenvalue weighted by Crippen LogP contribution is -2.22. The molecular weight excluding hydrogens is 450 g/mol. The Morgan fingerprint density at radius 2 is 1.88 bits per heavy atom. The zero-order valence-electron chi connectivity index (χ0n) is 13.2. The molecule has 0 radical (unpaired) electrons. The number of rotatable bonds is 5. The third kappa shape index (κ3) is 7.08. The topological polar surface area (TPSA) is 68.9 Å². The molecule has 0 aromatic heterocycles. The zero-order chi connectivity index (χ0) is 17.6. The highest BCUT2D eigenvalue weighted by Crippen LogP contribution is 2.26. The van der Waals surface area contributed by atoms with Crippen LogP contribution >= 0.6 is 24.0 Å². The van der Waals surface area contributed by atoms with Gasteiger partial charge in [-0.05, 0) is 18.2 Å². The van der Waals surface area contributed by atoms with Crippen LogP contribution in [0.5, 0.6) is 11.5 Å². The van der Waals surface area contributed by atoms with E-state index >= 15 is 0 Å². The lowest BCUT2D eigenvalue weighted by Gasteiger charge is -2.12. The van der Waals surface area contributed by atoms with Gasteiger partial charge in [0.05, 0.1) is 13.7 Å². The number of hydrogen-bond donors (Lipinski definition) is 2. The van der Waals surface area contributed by atoms with E-state index in [0.29, 0.717) is 11.4 Å². The van der Waals surface area contributed by atoms with Crippen LogP contribution in [0.25, 0.3) is 0 Å². The van der Waals surface area contributed by atoms with Crippen LogP contribution in [0.15, 0.2) is 53.5 Å². The first-order chi connectivity index (χ1) is 11.4. The number of anilines is 1. The average molecular weight is 467 g/mol. The number of halogens is 4. The third-order valence-electron chi connectivity index (χ3n) is 2.96. The minimum absolute atomic E-state index is 0. The van der Waals surface area contributed by atoms with Crippen molar-refractivity contribution < 1.29 is 22.6 Å². The summed E-state index contributed by atoms with van der Waals surface area (Å²) in [5, 5.41) is 2.84. The summed E-state index contributed by atoms with van der Waals surface area (Å²) in [6, 6.07) is 12.8. The number of guanidine groups is 1. The molecule has 0 spiro atoms. The predicted molar refractivity (Wildman–Crippen MR) is 100 cm³/mol. The van der Waals surface area contributed by atoms with E-state index in [0.717, 1.165) is 0 Å². The SMILES string of the molecule is COc1cccc(NC(N)=NCc2ccccc2OC(F)(F)F)c1.I. The van der Waals surface area contributed by atoms with Gasteiger partial charge < -0.3 is 20.5 Å². The monoisotopic (exact) mass is 467 g/mol. The van der Waals surface area contributed by atoms with Crippen LogP contribution in [0.2, 0.25) is 0 Å². The van der Waals surface area contributed by atoms with Crippen molar-refractivity contribution in [3.8, 4) is 11.5 Å². The van der Waals surface area contributed by atoms with Crippen molar-refractivity contribution in [1.82, 2.24) is 0 Å². The highest BCUT2D eigenvalue weighted by Gasteiger charge is 2.31. The van der Waals surface area contributed by atoms with Gasteiger partial charge in [-0.3, -0.25) is 0 Å². The van der Waals surface area contributed by atoms with Gasteiger partial charge in [0.1, 0.15) is 11.5 Å². The van der Waals surface area contributed by atoms with Gasteiger partial charge in [-0.2, -0.15) is 0 Å². The molecule has 2 aromatic carbocycles. The molecule has 2 rings (SSSR count). The molecule has 0 aliphatic heterocycles. The zero-order valence-corrected chi connectivity index (χ0v) is 15.5. The van der Waals surface area contributed by atoms with Gasteiger partial charge in [-0.1, -0.05) is 24.3 Å². The first-order valence-corrected chi connectivity index (χ1v) is 6.92. The number of benzene rings is 2. The van der Waals surface area contributed by atoms with E-state index in [4.69, 9.17) is 10.5 Å². The molecule has 0 heterocycles. The van der Waals surface area contributed by atoms with Crippen molar-refractivity contribution >= 4 is 35.6 Å². The van der Waals surface area contributed by atoms with Gasteiger partial charge in [0, 0.05) is 17.3 Å². The molecular formula is C16H17F3IN3O2. The Labute approximate surface area is 160 Å². The normalized spacial score (nSPS) is 11.4. The molecule has 2 aromatic rings. The van der Waals surface area contributed by atoms with Crippen molar-refractivity contribution in [1.29, 1.82) is 0 Å². The molecule has 9 heteroatoms. The van der Waals surface area contributed by atoms with Crippen molar-refractivity contribution in [3.63, 3.8) is 0 Å². The van der Waals surface area contributed by atoms with Crippen molar-refractivity contribution in [3.05, 3.63) is 54.1 Å². The molecule has 136 valence electrons. The highest BCUT2D eigenvalue weighted by molar-refractivity contribution is 14.0. The standard InChI is InChI=1S/C16H16F3N3O2.HI/c1-23-13-7-4-6-12(9-13)22-15(20)21-10-11-5-2-3-8-14(11)24-16(17,18)19;/h2-9H,10H2,1H3,(H3,20,21,22);1H. The molecule has 0 amide bonds. The Kier molecular flexibility index (Phi) is 7.81. The summed E-state index contributed by atoms with van der Waals surface area (Å²) in [6.45, 7) is -0.0605. The fourth-order valence-electron chi connectivity index (χ4n) is 1.92. The number of para-hydroxylation sites is 1. The minimum atomic E-state index is -4.76. The van der Waals surface area contributed by atoms with Gasteiger partial charge >= 0.3 is 6.36 Å². The average Bonchev–Trinajstić information content (AvgIpc) is 2.53. The molecule has 5 nitrogen and oxygen atoms in total. The predicted octanol–water partition coefficient (Wildman–Crippen LogP) is 4.14. The molecule has 0 saturated heterocycles. The molecule has 0 aliphatic rings. The first-order valence-electron chi connectivity index (χ1n) is 6.92. The maximum absolute atomic E-state index is 12.4. The Morgan fingerprint density at radius 3 is 2.56 bits per heavy atom. The largest absolute Gasteiger partial charge is 0.573 e. The van der Waals surface area contributed by atoms with Gasteiger partial charge in [0.25, 0.3) is 0 Å². The molecule has 0 aliphatic carbocycles. The lowest BCUT2D eigenvalue weighted by molar-refractivity contribution is -0.274. The number of nitrogens with two attached hydrogens (primary N) is 1. The van der Waals surface area contributed by atoms with Crippen LogP contribution in [0.4, 0.5) is 18.9 Å². The first kappa shape index (κ1) is 20.9. The van der Waals surface area contributed by atoms with Gasteiger partial charge in [0.2, 0.25) is 0 Å². The van der Waals surface area contributed by atoms with E-state index in [2.05, 4.69) is 15.0 Å². The van der Waals surface area contributed by atoms with Crippen LogP contribution < -0.4 is 20.5 Å². The van der Waals surface area contributed by atoms with Crippen LogP contribution in [0.1, 0.15) is 5.56 Å². The molecule has 0 bridgehead atoms. The van der Waals surface area contributed by atoms with Crippen molar-refractivity contribution in [2.75, 3.05) is 12.4 Å². The summed E-state index contributed by atoms with van der Waals surface area (Å²) in [6.07, 6.45) is -4.76. The summed E-state index contributed by atoms with van der Waals surface area (Å²) in [4.78, 5) is 4.03. The highest BCUT2D eigenvalue weighted by atomic mass is 127. The maximum Gasteiger partial charge on any atom is 0.573 e. The third-order valence-corrected chi connectivity index (χ3v) is 2.96. The summed E-state index contributed by atoms with van der Waals surface area (Å²) >= 11 is 0. The second kappa shape index (κ2) is 9.35. The van der Waals surface area contributed by atoms with Crippen LogP contribution in [-0.2, 0) is 6.54 Å². The number of alkyl halides is 3. The summed E-state index contributed by atoms with van der Waals surface area (Å²) in [5.41, 5.74) is 6.67. The van der Waals surface area contributed by atoms with E-state index in [-0.39, 0.29) is 47.8 Å². The minimum Gasteiger partial charge on any atom is -0.497 e. The van der Waals surface area contributed by atoms with E-state index in [9.17, 15) is 13.2 Å². The number of aliphatic imine (C=N–C) groups is 1. The second-order valence-corrected chi connectivity index (χ2v) is 4.71. The maximum atomic E-state index is 12.4. The number of hydrogen-bond acceptors (Lipinski definition) is 3.